The molecule has 0 saturated heterocycles. The van der Waals surface area contributed by atoms with E-state index in [1.54, 1.807) is 24.3 Å². The Morgan fingerprint density at radius 3 is 1.94 bits per heavy atom. The van der Waals surface area contributed by atoms with E-state index in [9.17, 15) is 8.42 Å². The lowest BCUT2D eigenvalue weighted by Crippen LogP contribution is -2.36. The first-order valence-corrected chi connectivity index (χ1v) is 12.0. The van der Waals surface area contributed by atoms with Gasteiger partial charge in [0.25, 0.3) is 0 Å². The second kappa shape index (κ2) is 9.77. The van der Waals surface area contributed by atoms with Gasteiger partial charge in [-0.15, -0.1) is 0 Å². The largest absolute Gasteiger partial charge is 0.294 e. The van der Waals surface area contributed by atoms with E-state index in [0.717, 1.165) is 12.1 Å². The molecule has 0 aliphatic rings. The van der Waals surface area contributed by atoms with Gasteiger partial charge in [0.05, 0.1) is 4.90 Å². The van der Waals surface area contributed by atoms with Crippen LogP contribution in [-0.4, -0.2) is 26.9 Å². The standard InChI is InChI=1S/C26H32N2O2S/c1-26(2,3)23-17-15-21(16-18-23)20-28(4)25(22-11-7-5-8-12-22)19-27-31(29,30)24-13-9-6-10-14-24/h5-18,25,27H,19-20H2,1-4H3/t25-/m1/s1. The lowest BCUT2D eigenvalue weighted by molar-refractivity contribution is 0.237. The molecule has 0 saturated carbocycles. The quantitative estimate of drug-likeness (QED) is 0.532. The van der Waals surface area contributed by atoms with Crippen LogP contribution in [0.3, 0.4) is 0 Å². The Balaban J connectivity index is 1.77. The summed E-state index contributed by atoms with van der Waals surface area (Å²) in [5.74, 6) is 0. The van der Waals surface area contributed by atoms with Crippen molar-refractivity contribution < 1.29 is 8.42 Å². The first-order valence-electron chi connectivity index (χ1n) is 10.6. The molecule has 0 radical (unpaired) electrons. The minimum Gasteiger partial charge on any atom is -0.294 e. The molecular formula is C26H32N2O2S. The van der Waals surface area contributed by atoms with Gasteiger partial charge in [-0.05, 0) is 41.3 Å². The molecule has 0 aromatic heterocycles. The van der Waals surface area contributed by atoms with Crippen LogP contribution in [0.25, 0.3) is 0 Å². The van der Waals surface area contributed by atoms with Gasteiger partial charge in [-0.2, -0.15) is 0 Å². The molecule has 5 heteroatoms. The molecule has 0 spiro atoms. The number of nitrogens with one attached hydrogen (secondary N) is 1. The van der Waals surface area contributed by atoms with Crippen molar-refractivity contribution in [3.8, 4) is 0 Å². The van der Waals surface area contributed by atoms with E-state index in [4.69, 9.17) is 0 Å². The molecule has 0 amide bonds. The lowest BCUT2D eigenvalue weighted by atomic mass is 9.86. The molecule has 1 N–H and O–H groups in total. The van der Waals surface area contributed by atoms with Gasteiger partial charge >= 0.3 is 0 Å². The highest BCUT2D eigenvalue weighted by atomic mass is 32.2. The van der Waals surface area contributed by atoms with E-state index >= 15 is 0 Å². The summed E-state index contributed by atoms with van der Waals surface area (Å²) in [5.41, 5.74) is 3.69. The molecule has 1 atom stereocenters. The van der Waals surface area contributed by atoms with Crippen LogP contribution in [-0.2, 0) is 22.0 Å². The van der Waals surface area contributed by atoms with Crippen LogP contribution >= 0.6 is 0 Å². The van der Waals surface area contributed by atoms with Crippen molar-refractivity contribution in [3.05, 3.63) is 102 Å². The smallest absolute Gasteiger partial charge is 0.240 e. The van der Waals surface area contributed by atoms with Gasteiger partial charge in [-0.25, -0.2) is 13.1 Å². The van der Waals surface area contributed by atoms with E-state index in [2.05, 4.69) is 54.7 Å². The SMILES string of the molecule is CN(Cc1ccc(C(C)(C)C)cc1)[C@H](CNS(=O)(=O)c1ccccc1)c1ccccc1. The van der Waals surface area contributed by atoms with Gasteiger partial charge in [0.1, 0.15) is 0 Å². The summed E-state index contributed by atoms with van der Waals surface area (Å²) in [5, 5.41) is 0. The van der Waals surface area contributed by atoms with Crippen LogP contribution in [0.2, 0.25) is 0 Å². The Morgan fingerprint density at radius 1 is 0.839 bits per heavy atom. The fourth-order valence-corrected chi connectivity index (χ4v) is 4.64. The average Bonchev–Trinajstić information content (AvgIpc) is 2.75. The normalized spacial score (nSPS) is 13.3. The molecule has 0 heterocycles. The van der Waals surface area contributed by atoms with Crippen molar-refractivity contribution in [3.63, 3.8) is 0 Å². The van der Waals surface area contributed by atoms with Crippen molar-refractivity contribution in [2.75, 3.05) is 13.6 Å². The first-order chi connectivity index (χ1) is 14.7. The van der Waals surface area contributed by atoms with Gasteiger partial charge in [-0.3, -0.25) is 4.90 Å². The van der Waals surface area contributed by atoms with Gasteiger partial charge in [-0.1, -0.05) is 93.6 Å². The fraction of sp³-hybridized carbons (Fsp3) is 0.308. The summed E-state index contributed by atoms with van der Waals surface area (Å²) < 4.78 is 28.3. The van der Waals surface area contributed by atoms with Crippen molar-refractivity contribution in [1.29, 1.82) is 0 Å². The van der Waals surface area contributed by atoms with Crippen LogP contribution in [0.15, 0.2) is 89.8 Å². The molecule has 3 rings (SSSR count). The van der Waals surface area contributed by atoms with Crippen molar-refractivity contribution in [2.24, 2.45) is 0 Å². The monoisotopic (exact) mass is 436 g/mol. The van der Waals surface area contributed by atoms with Crippen molar-refractivity contribution >= 4 is 10.0 Å². The number of benzene rings is 3. The van der Waals surface area contributed by atoms with Crippen LogP contribution in [0.5, 0.6) is 0 Å². The molecular weight excluding hydrogens is 404 g/mol. The number of hydrogen-bond acceptors (Lipinski definition) is 3. The molecule has 0 aliphatic heterocycles. The van der Waals surface area contributed by atoms with Gasteiger partial charge in [0.15, 0.2) is 0 Å². The van der Waals surface area contributed by atoms with Crippen LogP contribution in [0.1, 0.15) is 43.5 Å². The molecule has 31 heavy (non-hydrogen) atoms. The Labute approximate surface area is 187 Å². The van der Waals surface area contributed by atoms with Crippen molar-refractivity contribution in [1.82, 2.24) is 9.62 Å². The summed E-state index contributed by atoms with van der Waals surface area (Å²) in [6.07, 6.45) is 0. The average molecular weight is 437 g/mol. The topological polar surface area (TPSA) is 49.4 Å². The molecule has 4 nitrogen and oxygen atoms in total. The number of sulfonamides is 1. The molecule has 0 unspecified atom stereocenters. The third kappa shape index (κ3) is 6.26. The summed E-state index contributed by atoms with van der Waals surface area (Å²) >= 11 is 0. The summed E-state index contributed by atoms with van der Waals surface area (Å²) in [6.45, 7) is 7.63. The zero-order valence-corrected chi connectivity index (χ0v) is 19.6. The number of likely N-dealkylation sites (N-methyl/N-ethyl adjacent to an activating group) is 1. The van der Waals surface area contributed by atoms with Crippen LogP contribution < -0.4 is 4.72 Å². The molecule has 3 aromatic carbocycles. The predicted molar refractivity (Wildman–Crippen MR) is 127 cm³/mol. The van der Waals surface area contributed by atoms with E-state index in [1.807, 2.05) is 43.4 Å². The number of nitrogens with zero attached hydrogens (tertiary/aromatic N) is 1. The van der Waals surface area contributed by atoms with E-state index in [-0.39, 0.29) is 22.9 Å². The van der Waals surface area contributed by atoms with Gasteiger partial charge in [0, 0.05) is 19.1 Å². The summed E-state index contributed by atoms with van der Waals surface area (Å²) in [4.78, 5) is 2.47. The Morgan fingerprint density at radius 2 is 1.39 bits per heavy atom. The Kier molecular flexibility index (Phi) is 7.31. The van der Waals surface area contributed by atoms with E-state index < -0.39 is 10.0 Å². The second-order valence-corrected chi connectivity index (χ2v) is 10.7. The van der Waals surface area contributed by atoms with Crippen LogP contribution in [0.4, 0.5) is 0 Å². The zero-order valence-electron chi connectivity index (χ0n) is 18.7. The Hall–Kier alpha value is -2.47. The third-order valence-corrected chi connectivity index (χ3v) is 6.93. The van der Waals surface area contributed by atoms with E-state index in [0.29, 0.717) is 0 Å². The molecule has 3 aromatic rings. The highest BCUT2D eigenvalue weighted by molar-refractivity contribution is 7.89. The highest BCUT2D eigenvalue weighted by Crippen LogP contribution is 2.25. The molecule has 0 aliphatic carbocycles. The summed E-state index contributed by atoms with van der Waals surface area (Å²) in [7, 11) is -1.53. The Bertz CT molecular complexity index is 1060. The predicted octanol–water partition coefficient (Wildman–Crippen LogP) is 5.14. The van der Waals surface area contributed by atoms with Gasteiger partial charge < -0.3 is 0 Å². The minimum atomic E-state index is -3.57. The summed E-state index contributed by atoms with van der Waals surface area (Å²) in [6, 6.07) is 27.1. The zero-order chi connectivity index (χ0) is 22.5. The fourth-order valence-electron chi connectivity index (χ4n) is 3.58. The van der Waals surface area contributed by atoms with Crippen molar-refractivity contribution in [2.45, 2.75) is 43.7 Å². The second-order valence-electron chi connectivity index (χ2n) is 8.95. The molecule has 0 bridgehead atoms. The number of hydrogen-bond donors (Lipinski definition) is 1. The molecule has 0 fully saturated rings. The maximum atomic E-state index is 12.8. The first kappa shape index (κ1) is 23.2. The maximum absolute atomic E-state index is 12.8. The maximum Gasteiger partial charge on any atom is 0.240 e. The number of rotatable bonds is 8. The molecule has 164 valence electrons. The highest BCUT2D eigenvalue weighted by Gasteiger charge is 2.22. The lowest BCUT2D eigenvalue weighted by Gasteiger charge is -2.29. The third-order valence-electron chi connectivity index (χ3n) is 5.49. The minimum absolute atomic E-state index is 0.0954. The van der Waals surface area contributed by atoms with E-state index in [1.165, 1.54) is 11.1 Å². The van der Waals surface area contributed by atoms with Crippen LogP contribution in [0, 0.1) is 0 Å². The van der Waals surface area contributed by atoms with Gasteiger partial charge in [0.2, 0.25) is 10.0 Å².